The first-order chi connectivity index (χ1) is 7.13. The van der Waals surface area contributed by atoms with Gasteiger partial charge in [0.05, 0.1) is 12.5 Å². The highest BCUT2D eigenvalue weighted by Gasteiger charge is 2.25. The first kappa shape index (κ1) is 12.8. The number of carbonyl (C=O) groups excluding carboxylic acids is 1. The molecule has 1 fully saturated rings. The van der Waals surface area contributed by atoms with E-state index in [1.807, 2.05) is 0 Å². The number of carbonyl (C=O) groups is 1. The largest absolute Gasteiger partial charge is 0.381 e. The Balaban J connectivity index is 2.33. The second kappa shape index (κ2) is 6.33. The fourth-order valence-electron chi connectivity index (χ4n) is 1.79. The zero-order valence-corrected chi connectivity index (χ0v) is 10.2. The zero-order valence-electron chi connectivity index (χ0n) is 9.46. The first-order valence-corrected chi connectivity index (χ1v) is 6.11. The van der Waals surface area contributed by atoms with Gasteiger partial charge in [-0.1, -0.05) is 13.8 Å². The van der Waals surface area contributed by atoms with Crippen molar-refractivity contribution in [3.8, 4) is 0 Å². The highest BCUT2D eigenvalue weighted by molar-refractivity contribution is 6.18. The van der Waals surface area contributed by atoms with Crippen LogP contribution in [0.2, 0.25) is 0 Å². The number of halogens is 1. The molecule has 0 radical (unpaired) electrons. The number of hydrogen-bond donors (Lipinski definition) is 1. The molecule has 0 aromatic heterocycles. The molecule has 1 saturated heterocycles. The zero-order chi connectivity index (χ0) is 11.3. The van der Waals surface area contributed by atoms with Gasteiger partial charge in [-0.3, -0.25) is 4.79 Å². The standard InChI is InChI=1S/C11H20ClNO2/c1-8(2)5-10(6-12)13-11(14)9-3-4-15-7-9/h8-10H,3-7H2,1-2H3,(H,13,14). The summed E-state index contributed by atoms with van der Waals surface area (Å²) in [5.41, 5.74) is 0. The molecule has 0 aromatic carbocycles. The minimum Gasteiger partial charge on any atom is -0.381 e. The van der Waals surface area contributed by atoms with Gasteiger partial charge < -0.3 is 10.1 Å². The van der Waals surface area contributed by atoms with Crippen LogP contribution >= 0.6 is 11.6 Å². The van der Waals surface area contributed by atoms with E-state index in [0.29, 0.717) is 25.0 Å². The molecule has 2 unspecified atom stereocenters. The van der Waals surface area contributed by atoms with E-state index in [4.69, 9.17) is 16.3 Å². The summed E-state index contributed by atoms with van der Waals surface area (Å²) in [4.78, 5) is 11.7. The van der Waals surface area contributed by atoms with Crippen LogP contribution in [0.15, 0.2) is 0 Å². The highest BCUT2D eigenvalue weighted by Crippen LogP contribution is 2.14. The molecule has 1 heterocycles. The third-order valence-electron chi connectivity index (χ3n) is 2.59. The fraction of sp³-hybridized carbons (Fsp3) is 0.909. The van der Waals surface area contributed by atoms with Crippen LogP contribution in [0.3, 0.4) is 0 Å². The van der Waals surface area contributed by atoms with Crippen molar-refractivity contribution in [2.45, 2.75) is 32.7 Å². The molecule has 0 aromatic rings. The number of hydrogen-bond acceptors (Lipinski definition) is 2. The summed E-state index contributed by atoms with van der Waals surface area (Å²) in [6.45, 7) is 5.52. The molecule has 1 aliphatic rings. The lowest BCUT2D eigenvalue weighted by Crippen LogP contribution is -2.40. The maximum atomic E-state index is 11.7. The van der Waals surface area contributed by atoms with Gasteiger partial charge in [-0.2, -0.15) is 0 Å². The molecule has 4 heteroatoms. The monoisotopic (exact) mass is 233 g/mol. The molecule has 1 amide bonds. The Morgan fingerprint density at radius 2 is 2.33 bits per heavy atom. The van der Waals surface area contributed by atoms with Crippen molar-refractivity contribution in [2.24, 2.45) is 11.8 Å². The van der Waals surface area contributed by atoms with Crippen LogP contribution in [-0.4, -0.2) is 31.0 Å². The molecular formula is C11H20ClNO2. The van der Waals surface area contributed by atoms with E-state index in [0.717, 1.165) is 12.8 Å². The van der Waals surface area contributed by atoms with Gasteiger partial charge in [0.15, 0.2) is 0 Å². The van der Waals surface area contributed by atoms with Gasteiger partial charge in [-0.15, -0.1) is 11.6 Å². The summed E-state index contributed by atoms with van der Waals surface area (Å²) in [5.74, 6) is 1.16. The van der Waals surface area contributed by atoms with Gasteiger partial charge in [0.1, 0.15) is 0 Å². The Hall–Kier alpha value is -0.280. The first-order valence-electron chi connectivity index (χ1n) is 5.57. The van der Waals surface area contributed by atoms with E-state index >= 15 is 0 Å². The summed E-state index contributed by atoms with van der Waals surface area (Å²) in [5, 5.41) is 2.99. The van der Waals surface area contributed by atoms with Gasteiger partial charge in [0, 0.05) is 18.5 Å². The smallest absolute Gasteiger partial charge is 0.225 e. The van der Waals surface area contributed by atoms with E-state index in [2.05, 4.69) is 19.2 Å². The minimum absolute atomic E-state index is 0.0304. The van der Waals surface area contributed by atoms with Gasteiger partial charge in [-0.25, -0.2) is 0 Å². The van der Waals surface area contributed by atoms with Crippen LogP contribution in [0, 0.1) is 11.8 Å². The molecule has 0 saturated carbocycles. The van der Waals surface area contributed by atoms with E-state index in [1.54, 1.807) is 0 Å². The molecule has 0 aliphatic carbocycles. The molecule has 88 valence electrons. The van der Waals surface area contributed by atoms with E-state index < -0.39 is 0 Å². The molecule has 1 aliphatic heterocycles. The minimum atomic E-state index is 0.0304. The molecule has 15 heavy (non-hydrogen) atoms. The maximum absolute atomic E-state index is 11.7. The van der Waals surface area contributed by atoms with Gasteiger partial charge in [0.2, 0.25) is 5.91 Å². The number of amides is 1. The van der Waals surface area contributed by atoms with Crippen molar-refractivity contribution in [3.63, 3.8) is 0 Å². The third kappa shape index (κ3) is 4.39. The van der Waals surface area contributed by atoms with Crippen LogP contribution in [0.4, 0.5) is 0 Å². The quantitative estimate of drug-likeness (QED) is 0.736. The summed E-state index contributed by atoms with van der Waals surface area (Å²) >= 11 is 5.82. The van der Waals surface area contributed by atoms with Crippen molar-refractivity contribution in [1.29, 1.82) is 0 Å². The number of alkyl halides is 1. The highest BCUT2D eigenvalue weighted by atomic mass is 35.5. The van der Waals surface area contributed by atoms with E-state index in [9.17, 15) is 4.79 Å². The number of nitrogens with one attached hydrogen (secondary N) is 1. The molecule has 1 N–H and O–H groups in total. The summed E-state index contributed by atoms with van der Waals surface area (Å²) < 4.78 is 5.18. The average Bonchev–Trinajstić information content (AvgIpc) is 2.68. The van der Waals surface area contributed by atoms with Crippen molar-refractivity contribution in [2.75, 3.05) is 19.1 Å². The van der Waals surface area contributed by atoms with E-state index in [-0.39, 0.29) is 17.9 Å². The second-order valence-corrected chi connectivity index (χ2v) is 4.86. The predicted octanol–water partition coefficient (Wildman–Crippen LogP) is 1.79. The van der Waals surface area contributed by atoms with Crippen LogP contribution in [0.5, 0.6) is 0 Å². The molecule has 0 spiro atoms. The van der Waals surface area contributed by atoms with Crippen molar-refractivity contribution in [1.82, 2.24) is 5.32 Å². The lowest BCUT2D eigenvalue weighted by molar-refractivity contribution is -0.125. The number of rotatable bonds is 5. The Labute approximate surface area is 96.5 Å². The van der Waals surface area contributed by atoms with Crippen LogP contribution in [0.25, 0.3) is 0 Å². The molecular weight excluding hydrogens is 214 g/mol. The Bertz CT molecular complexity index is 203. The Morgan fingerprint density at radius 3 is 2.80 bits per heavy atom. The van der Waals surface area contributed by atoms with Crippen LogP contribution in [0.1, 0.15) is 26.7 Å². The predicted molar refractivity (Wildman–Crippen MR) is 61.0 cm³/mol. The van der Waals surface area contributed by atoms with Crippen LogP contribution < -0.4 is 5.32 Å². The normalized spacial score (nSPS) is 23.1. The molecule has 0 bridgehead atoms. The lowest BCUT2D eigenvalue weighted by atomic mass is 10.0. The fourth-order valence-corrected chi connectivity index (χ4v) is 1.99. The topological polar surface area (TPSA) is 38.3 Å². The Kier molecular flexibility index (Phi) is 5.40. The maximum Gasteiger partial charge on any atom is 0.225 e. The Morgan fingerprint density at radius 1 is 1.60 bits per heavy atom. The van der Waals surface area contributed by atoms with Gasteiger partial charge in [0.25, 0.3) is 0 Å². The van der Waals surface area contributed by atoms with Crippen molar-refractivity contribution >= 4 is 17.5 Å². The summed E-state index contributed by atoms with van der Waals surface area (Å²) in [7, 11) is 0. The van der Waals surface area contributed by atoms with Crippen molar-refractivity contribution in [3.05, 3.63) is 0 Å². The third-order valence-corrected chi connectivity index (χ3v) is 2.96. The molecule has 1 rings (SSSR count). The van der Waals surface area contributed by atoms with Crippen LogP contribution in [-0.2, 0) is 9.53 Å². The summed E-state index contributed by atoms with van der Waals surface area (Å²) in [6, 6.07) is 0.0970. The van der Waals surface area contributed by atoms with Gasteiger partial charge in [-0.05, 0) is 18.8 Å². The molecule has 2 atom stereocenters. The van der Waals surface area contributed by atoms with E-state index in [1.165, 1.54) is 0 Å². The van der Waals surface area contributed by atoms with Gasteiger partial charge >= 0.3 is 0 Å². The SMILES string of the molecule is CC(C)CC(CCl)NC(=O)C1CCOC1. The van der Waals surface area contributed by atoms with Crippen molar-refractivity contribution < 1.29 is 9.53 Å². The summed E-state index contributed by atoms with van der Waals surface area (Å²) in [6.07, 6.45) is 1.77. The average molecular weight is 234 g/mol. The number of ether oxygens (including phenoxy) is 1. The molecule has 3 nitrogen and oxygen atoms in total. The second-order valence-electron chi connectivity index (χ2n) is 4.55. The lowest BCUT2D eigenvalue weighted by Gasteiger charge is -2.19.